The predicted octanol–water partition coefficient (Wildman–Crippen LogP) is 4.53. The summed E-state index contributed by atoms with van der Waals surface area (Å²) in [5.74, 6) is 1.12. The molecule has 0 saturated carbocycles. The number of nitrogens with one attached hydrogen (secondary N) is 1. The average Bonchev–Trinajstić information content (AvgIpc) is 2.31. The van der Waals surface area contributed by atoms with Gasteiger partial charge in [-0.1, -0.05) is 58.5 Å². The fraction of sp³-hybridized carbons (Fsp3) is 0.562. The summed E-state index contributed by atoms with van der Waals surface area (Å²) >= 11 is 1.81. The first-order valence-corrected chi connectivity index (χ1v) is 7.80. The Kier molecular flexibility index (Phi) is 3.95. The number of nitrogens with zero attached hydrogens (tertiary/aromatic N) is 1. The molecule has 0 saturated heterocycles. The second-order valence-corrected chi connectivity index (χ2v) is 7.99. The molecule has 0 amide bonds. The lowest BCUT2D eigenvalue weighted by molar-refractivity contribution is 0.438. The van der Waals surface area contributed by atoms with Gasteiger partial charge in [0.2, 0.25) is 0 Å². The van der Waals surface area contributed by atoms with E-state index in [9.17, 15) is 0 Å². The van der Waals surface area contributed by atoms with Gasteiger partial charge in [-0.2, -0.15) is 0 Å². The molecule has 0 radical (unpaired) electrons. The van der Waals surface area contributed by atoms with Crippen molar-refractivity contribution in [3.05, 3.63) is 29.8 Å². The van der Waals surface area contributed by atoms with Crippen LogP contribution in [0.3, 0.4) is 0 Å². The van der Waals surface area contributed by atoms with Crippen molar-refractivity contribution in [3.63, 3.8) is 0 Å². The van der Waals surface area contributed by atoms with E-state index >= 15 is 0 Å². The van der Waals surface area contributed by atoms with Crippen molar-refractivity contribution in [1.82, 2.24) is 0 Å². The third kappa shape index (κ3) is 4.00. The van der Waals surface area contributed by atoms with Crippen molar-refractivity contribution < 1.29 is 0 Å². The molecule has 2 nitrogen and oxygen atoms in total. The maximum Gasteiger partial charge on any atom is 0.161 e. The molecule has 1 heterocycles. The first-order chi connectivity index (χ1) is 8.76. The van der Waals surface area contributed by atoms with Crippen LogP contribution in [0.2, 0.25) is 0 Å². The standard InChI is InChI=1S/C16H24N2S/c1-15(2,3)12-6-8-13(9-7-12)18-14-17-10-16(4,5)11-19-14/h6-9H,10-11H2,1-5H3,(H,17,18). The first-order valence-electron chi connectivity index (χ1n) is 6.81. The lowest BCUT2D eigenvalue weighted by Gasteiger charge is -2.27. The summed E-state index contributed by atoms with van der Waals surface area (Å²) in [6, 6.07) is 8.67. The Morgan fingerprint density at radius 3 is 2.26 bits per heavy atom. The first kappa shape index (κ1) is 14.4. The number of benzene rings is 1. The molecule has 1 aromatic rings. The lowest BCUT2D eigenvalue weighted by Crippen LogP contribution is -2.27. The number of hydrogen-bond donors (Lipinski definition) is 1. The smallest absolute Gasteiger partial charge is 0.161 e. The van der Waals surface area contributed by atoms with E-state index in [4.69, 9.17) is 0 Å². The van der Waals surface area contributed by atoms with Crippen molar-refractivity contribution in [3.8, 4) is 0 Å². The number of rotatable bonds is 1. The molecule has 0 spiro atoms. The molecule has 0 bridgehead atoms. The van der Waals surface area contributed by atoms with Crippen LogP contribution < -0.4 is 5.32 Å². The van der Waals surface area contributed by atoms with E-state index in [0.717, 1.165) is 23.2 Å². The molecule has 3 heteroatoms. The van der Waals surface area contributed by atoms with Gasteiger partial charge in [0, 0.05) is 18.0 Å². The Morgan fingerprint density at radius 1 is 1.16 bits per heavy atom. The lowest BCUT2D eigenvalue weighted by atomic mass is 9.87. The Balaban J connectivity index is 2.03. The van der Waals surface area contributed by atoms with E-state index in [-0.39, 0.29) is 5.41 Å². The number of amidine groups is 1. The average molecular weight is 276 g/mol. The van der Waals surface area contributed by atoms with E-state index < -0.39 is 0 Å². The van der Waals surface area contributed by atoms with Crippen LogP contribution >= 0.6 is 11.8 Å². The molecule has 104 valence electrons. The highest BCUT2D eigenvalue weighted by Crippen LogP contribution is 2.29. The molecule has 0 fully saturated rings. The summed E-state index contributed by atoms with van der Waals surface area (Å²) in [6.45, 7) is 12.1. The summed E-state index contributed by atoms with van der Waals surface area (Å²) in [4.78, 5) is 4.62. The predicted molar refractivity (Wildman–Crippen MR) is 87.3 cm³/mol. The Bertz CT molecular complexity index is 467. The van der Waals surface area contributed by atoms with E-state index in [1.165, 1.54) is 5.56 Å². The SMILES string of the molecule is CC1(C)CN=C(Nc2ccc(C(C)(C)C)cc2)SC1. The molecule has 0 atom stereocenters. The van der Waals surface area contributed by atoms with E-state index in [1.54, 1.807) is 0 Å². The normalized spacial score (nSPS) is 18.9. The van der Waals surface area contributed by atoms with E-state index in [1.807, 2.05) is 11.8 Å². The van der Waals surface area contributed by atoms with Gasteiger partial charge < -0.3 is 5.32 Å². The summed E-state index contributed by atoms with van der Waals surface area (Å²) < 4.78 is 0. The topological polar surface area (TPSA) is 24.4 Å². The maximum absolute atomic E-state index is 4.62. The van der Waals surface area contributed by atoms with Crippen LogP contribution in [0.5, 0.6) is 0 Å². The number of anilines is 1. The van der Waals surface area contributed by atoms with Crippen LogP contribution in [0.15, 0.2) is 29.3 Å². The molecule has 1 aromatic carbocycles. The van der Waals surface area contributed by atoms with Crippen molar-refractivity contribution in [2.75, 3.05) is 17.6 Å². The molecular formula is C16H24N2S. The van der Waals surface area contributed by atoms with Gasteiger partial charge >= 0.3 is 0 Å². The third-order valence-electron chi connectivity index (χ3n) is 3.25. The minimum absolute atomic E-state index is 0.208. The van der Waals surface area contributed by atoms with Crippen molar-refractivity contribution in [2.24, 2.45) is 10.4 Å². The van der Waals surface area contributed by atoms with Crippen molar-refractivity contribution >= 4 is 22.6 Å². The van der Waals surface area contributed by atoms with Gasteiger partial charge in [-0.15, -0.1) is 0 Å². The van der Waals surface area contributed by atoms with Gasteiger partial charge in [0.1, 0.15) is 0 Å². The highest BCUT2D eigenvalue weighted by atomic mass is 32.2. The van der Waals surface area contributed by atoms with Crippen LogP contribution in [0.1, 0.15) is 40.2 Å². The zero-order valence-electron chi connectivity index (χ0n) is 12.6. The van der Waals surface area contributed by atoms with Gasteiger partial charge in [0.25, 0.3) is 0 Å². The summed E-state index contributed by atoms with van der Waals surface area (Å²) in [6.07, 6.45) is 0. The number of thioether (sulfide) groups is 1. The fourth-order valence-corrected chi connectivity index (χ4v) is 2.86. The highest BCUT2D eigenvalue weighted by molar-refractivity contribution is 8.14. The monoisotopic (exact) mass is 276 g/mol. The van der Waals surface area contributed by atoms with Gasteiger partial charge in [-0.05, 0) is 28.5 Å². The van der Waals surface area contributed by atoms with Crippen LogP contribution in [-0.2, 0) is 5.41 Å². The van der Waals surface area contributed by atoms with Gasteiger partial charge in [0.05, 0.1) is 0 Å². The second-order valence-electron chi connectivity index (χ2n) is 7.03. The molecule has 2 rings (SSSR count). The highest BCUT2D eigenvalue weighted by Gasteiger charge is 2.23. The zero-order chi connectivity index (χ0) is 14.1. The van der Waals surface area contributed by atoms with Crippen molar-refractivity contribution in [1.29, 1.82) is 0 Å². The Morgan fingerprint density at radius 2 is 1.79 bits per heavy atom. The van der Waals surface area contributed by atoms with Gasteiger partial charge in [-0.25, -0.2) is 0 Å². The van der Waals surface area contributed by atoms with Crippen molar-refractivity contribution in [2.45, 2.75) is 40.0 Å². The molecule has 0 aliphatic carbocycles. The minimum Gasteiger partial charge on any atom is -0.335 e. The maximum atomic E-state index is 4.62. The van der Waals surface area contributed by atoms with Crippen LogP contribution in [0.4, 0.5) is 5.69 Å². The second kappa shape index (κ2) is 5.20. The molecule has 0 unspecified atom stereocenters. The summed E-state index contributed by atoms with van der Waals surface area (Å²) in [5, 5.41) is 4.45. The van der Waals surface area contributed by atoms with Gasteiger partial charge in [-0.3, -0.25) is 4.99 Å². The largest absolute Gasteiger partial charge is 0.335 e. The van der Waals surface area contributed by atoms with Crippen LogP contribution in [0, 0.1) is 5.41 Å². The minimum atomic E-state index is 0.208. The summed E-state index contributed by atoms with van der Waals surface area (Å²) in [5.41, 5.74) is 3.02. The quantitative estimate of drug-likeness (QED) is 0.815. The summed E-state index contributed by atoms with van der Waals surface area (Å²) in [7, 11) is 0. The van der Waals surface area contributed by atoms with E-state index in [0.29, 0.717) is 5.41 Å². The van der Waals surface area contributed by atoms with Crippen LogP contribution in [-0.4, -0.2) is 17.5 Å². The van der Waals surface area contributed by atoms with Gasteiger partial charge in [0.15, 0.2) is 5.17 Å². The molecular weight excluding hydrogens is 252 g/mol. The van der Waals surface area contributed by atoms with Crippen LogP contribution in [0.25, 0.3) is 0 Å². The number of aliphatic imine (C=N–C) groups is 1. The Labute approximate surface area is 121 Å². The fourth-order valence-electron chi connectivity index (χ4n) is 1.89. The zero-order valence-corrected chi connectivity index (χ0v) is 13.4. The molecule has 1 aliphatic heterocycles. The molecule has 0 aromatic heterocycles. The molecule has 19 heavy (non-hydrogen) atoms. The molecule has 1 N–H and O–H groups in total. The molecule has 1 aliphatic rings. The Hall–Kier alpha value is -0.960. The van der Waals surface area contributed by atoms with E-state index in [2.05, 4.69) is 69.2 Å². The third-order valence-corrected chi connectivity index (χ3v) is 4.68. The number of hydrogen-bond acceptors (Lipinski definition) is 3.